The van der Waals surface area contributed by atoms with Gasteiger partial charge < -0.3 is 10.2 Å². The van der Waals surface area contributed by atoms with Crippen LogP contribution >= 0.6 is 12.4 Å². The number of amides is 1. The Labute approximate surface area is 130 Å². The van der Waals surface area contributed by atoms with E-state index in [0.717, 1.165) is 32.0 Å². The van der Waals surface area contributed by atoms with Gasteiger partial charge in [-0.2, -0.15) is 0 Å². The zero-order valence-corrected chi connectivity index (χ0v) is 12.9. The van der Waals surface area contributed by atoms with Crippen LogP contribution in [-0.2, 0) is 11.2 Å². The van der Waals surface area contributed by atoms with E-state index in [9.17, 15) is 13.6 Å². The lowest BCUT2D eigenvalue weighted by Gasteiger charge is -2.31. The van der Waals surface area contributed by atoms with Crippen LogP contribution in [0.3, 0.4) is 0 Å². The van der Waals surface area contributed by atoms with Gasteiger partial charge in [0.15, 0.2) is 11.6 Å². The first kappa shape index (κ1) is 17.9. The summed E-state index contributed by atoms with van der Waals surface area (Å²) in [6, 6.07) is 4.55. The Balaban J connectivity index is 0.00000220. The lowest BCUT2D eigenvalue weighted by atomic mass is 10.0. The first-order valence-electron chi connectivity index (χ1n) is 6.99. The predicted molar refractivity (Wildman–Crippen MR) is 80.6 cm³/mol. The fourth-order valence-electron chi connectivity index (χ4n) is 2.56. The molecule has 1 heterocycles. The van der Waals surface area contributed by atoms with Crippen LogP contribution < -0.4 is 5.32 Å². The zero-order valence-electron chi connectivity index (χ0n) is 12.1. The molecule has 1 saturated heterocycles. The summed E-state index contributed by atoms with van der Waals surface area (Å²) in [6.45, 7) is 1.46. The molecule has 118 valence electrons. The van der Waals surface area contributed by atoms with Gasteiger partial charge in [0.25, 0.3) is 0 Å². The molecule has 0 saturated carbocycles. The van der Waals surface area contributed by atoms with E-state index >= 15 is 0 Å². The second-order valence-electron chi connectivity index (χ2n) is 5.16. The Morgan fingerprint density at radius 2 is 2.00 bits per heavy atom. The number of nitrogens with one attached hydrogen (secondary N) is 1. The largest absolute Gasteiger partial charge is 0.343 e. The number of likely N-dealkylation sites (tertiary alicyclic amines) is 1. The van der Waals surface area contributed by atoms with Crippen LogP contribution in [0.2, 0.25) is 0 Å². The first-order valence-corrected chi connectivity index (χ1v) is 6.99. The van der Waals surface area contributed by atoms with E-state index < -0.39 is 11.6 Å². The number of benzene rings is 1. The highest BCUT2D eigenvalue weighted by Crippen LogP contribution is 2.15. The van der Waals surface area contributed by atoms with E-state index in [1.165, 1.54) is 12.1 Å². The van der Waals surface area contributed by atoms with Gasteiger partial charge in [-0.15, -0.1) is 12.4 Å². The number of nitrogens with zero attached hydrogens (tertiary/aromatic N) is 1. The Morgan fingerprint density at radius 3 is 2.62 bits per heavy atom. The van der Waals surface area contributed by atoms with E-state index in [2.05, 4.69) is 5.32 Å². The first-order chi connectivity index (χ1) is 9.61. The molecule has 0 spiro atoms. The molecule has 0 radical (unpaired) electrons. The summed E-state index contributed by atoms with van der Waals surface area (Å²) in [6.07, 6.45) is 2.35. The zero-order chi connectivity index (χ0) is 14.5. The van der Waals surface area contributed by atoms with Crippen LogP contribution in [0.5, 0.6) is 0 Å². The van der Waals surface area contributed by atoms with E-state index in [4.69, 9.17) is 0 Å². The molecule has 1 aliphatic rings. The number of rotatable bonds is 4. The molecule has 0 aliphatic carbocycles. The monoisotopic (exact) mass is 318 g/mol. The molecule has 1 aliphatic heterocycles. The second kappa shape index (κ2) is 8.29. The third-order valence-corrected chi connectivity index (χ3v) is 3.90. The topological polar surface area (TPSA) is 32.3 Å². The van der Waals surface area contributed by atoms with Gasteiger partial charge in [-0.1, -0.05) is 12.1 Å². The van der Waals surface area contributed by atoms with Gasteiger partial charge in [0.05, 0.1) is 0 Å². The number of piperidine rings is 1. The molecule has 21 heavy (non-hydrogen) atoms. The van der Waals surface area contributed by atoms with E-state index in [-0.39, 0.29) is 36.7 Å². The van der Waals surface area contributed by atoms with Crippen molar-refractivity contribution in [3.05, 3.63) is 35.4 Å². The third-order valence-electron chi connectivity index (χ3n) is 3.90. The van der Waals surface area contributed by atoms with Crippen LogP contribution in [0.4, 0.5) is 8.78 Å². The lowest BCUT2D eigenvalue weighted by molar-refractivity contribution is -0.132. The fourth-order valence-corrected chi connectivity index (χ4v) is 2.56. The van der Waals surface area contributed by atoms with Crippen LogP contribution in [-0.4, -0.2) is 37.0 Å². The van der Waals surface area contributed by atoms with Crippen molar-refractivity contribution in [2.75, 3.05) is 20.1 Å². The third kappa shape index (κ3) is 4.64. The number of hydrogen-bond acceptors (Lipinski definition) is 2. The molecular weight excluding hydrogens is 298 g/mol. The van der Waals surface area contributed by atoms with Gasteiger partial charge >= 0.3 is 0 Å². The minimum atomic E-state index is -0.857. The molecule has 0 unspecified atom stereocenters. The van der Waals surface area contributed by atoms with Crippen molar-refractivity contribution in [3.63, 3.8) is 0 Å². The molecule has 0 aromatic heterocycles. The van der Waals surface area contributed by atoms with Gasteiger partial charge in [-0.05, 0) is 37.9 Å². The minimum absolute atomic E-state index is 0. The van der Waals surface area contributed by atoms with Gasteiger partial charge in [0, 0.05) is 25.6 Å². The molecule has 3 nitrogen and oxygen atoms in total. The smallest absolute Gasteiger partial charge is 0.222 e. The summed E-state index contributed by atoms with van der Waals surface area (Å²) in [4.78, 5) is 13.9. The van der Waals surface area contributed by atoms with Gasteiger partial charge in [-0.3, -0.25) is 4.79 Å². The molecule has 1 N–H and O–H groups in total. The Kier molecular flexibility index (Phi) is 7.05. The number of carbonyl (C=O) groups is 1. The van der Waals surface area contributed by atoms with Crippen molar-refractivity contribution >= 4 is 18.3 Å². The van der Waals surface area contributed by atoms with Gasteiger partial charge in [0.2, 0.25) is 5.91 Å². The highest BCUT2D eigenvalue weighted by molar-refractivity contribution is 5.85. The summed E-state index contributed by atoms with van der Waals surface area (Å²) < 4.78 is 26.5. The summed E-state index contributed by atoms with van der Waals surface area (Å²) in [5.74, 6) is -1.68. The van der Waals surface area contributed by atoms with Crippen LogP contribution in [0, 0.1) is 11.6 Å². The van der Waals surface area contributed by atoms with Crippen LogP contribution in [0.15, 0.2) is 18.2 Å². The average molecular weight is 319 g/mol. The van der Waals surface area contributed by atoms with Gasteiger partial charge in [0.1, 0.15) is 0 Å². The van der Waals surface area contributed by atoms with Gasteiger partial charge in [-0.25, -0.2) is 8.78 Å². The van der Waals surface area contributed by atoms with Crippen LogP contribution in [0.1, 0.15) is 24.8 Å². The number of halogens is 3. The lowest BCUT2D eigenvalue weighted by Crippen LogP contribution is -2.44. The van der Waals surface area contributed by atoms with E-state index in [1.54, 1.807) is 0 Å². The fraction of sp³-hybridized carbons (Fsp3) is 0.533. The van der Waals surface area contributed by atoms with Crippen molar-refractivity contribution in [2.24, 2.45) is 0 Å². The molecule has 2 rings (SSSR count). The molecular formula is C15H21ClF2N2O. The quantitative estimate of drug-likeness (QED) is 0.925. The highest BCUT2D eigenvalue weighted by atomic mass is 35.5. The Morgan fingerprint density at radius 1 is 1.33 bits per heavy atom. The highest BCUT2D eigenvalue weighted by Gasteiger charge is 2.21. The maximum absolute atomic E-state index is 13.5. The Bertz CT molecular complexity index is 477. The Hall–Kier alpha value is -1.20. The predicted octanol–water partition coefficient (Wildman–Crippen LogP) is 2.53. The summed E-state index contributed by atoms with van der Waals surface area (Å²) in [5, 5.41) is 3.21. The van der Waals surface area contributed by atoms with Crippen molar-refractivity contribution < 1.29 is 13.6 Å². The van der Waals surface area contributed by atoms with Crippen molar-refractivity contribution in [1.29, 1.82) is 0 Å². The second-order valence-corrected chi connectivity index (χ2v) is 5.16. The molecule has 1 fully saturated rings. The normalized spacial score (nSPS) is 15.7. The summed E-state index contributed by atoms with van der Waals surface area (Å²) in [5.41, 5.74) is 0.267. The average Bonchev–Trinajstić information content (AvgIpc) is 2.48. The molecule has 0 bridgehead atoms. The van der Waals surface area contributed by atoms with Crippen molar-refractivity contribution in [3.8, 4) is 0 Å². The summed E-state index contributed by atoms with van der Waals surface area (Å²) >= 11 is 0. The molecule has 6 heteroatoms. The molecule has 1 amide bonds. The standard InChI is InChI=1S/C15H20F2N2O.ClH/c1-18-12-7-9-19(10-8-12)14(20)6-5-11-3-2-4-13(16)15(11)17;/h2-4,12,18H,5-10H2,1H3;1H. The van der Waals surface area contributed by atoms with Crippen molar-refractivity contribution in [1.82, 2.24) is 10.2 Å². The number of carbonyl (C=O) groups excluding carboxylic acids is 1. The minimum Gasteiger partial charge on any atom is -0.343 e. The number of hydrogen-bond donors (Lipinski definition) is 1. The molecule has 1 aromatic carbocycles. The number of aryl methyl sites for hydroxylation is 1. The molecule has 1 aromatic rings. The SMILES string of the molecule is CNC1CCN(C(=O)CCc2cccc(F)c2F)CC1.Cl. The summed E-state index contributed by atoms with van der Waals surface area (Å²) in [7, 11) is 1.93. The van der Waals surface area contributed by atoms with E-state index in [0.29, 0.717) is 6.04 Å². The molecule has 0 atom stereocenters. The van der Waals surface area contributed by atoms with Crippen LogP contribution in [0.25, 0.3) is 0 Å². The maximum atomic E-state index is 13.5. The van der Waals surface area contributed by atoms with Crippen molar-refractivity contribution in [2.45, 2.75) is 31.7 Å². The maximum Gasteiger partial charge on any atom is 0.222 e. The van der Waals surface area contributed by atoms with E-state index in [1.807, 2.05) is 11.9 Å².